The van der Waals surface area contributed by atoms with Crippen LogP contribution in [0.25, 0.3) is 0 Å². The van der Waals surface area contributed by atoms with Crippen molar-refractivity contribution in [1.82, 2.24) is 9.97 Å². The summed E-state index contributed by atoms with van der Waals surface area (Å²) in [6, 6.07) is 3.03. The number of H-pyrrole nitrogens is 1. The highest BCUT2D eigenvalue weighted by Gasteiger charge is 2.34. The molecule has 30 heavy (non-hydrogen) atoms. The quantitative estimate of drug-likeness (QED) is 0.671. The molecule has 0 bridgehead atoms. The second-order valence-corrected chi connectivity index (χ2v) is 7.42. The van der Waals surface area contributed by atoms with E-state index in [9.17, 15) is 23.5 Å². The molecule has 3 rings (SSSR count). The number of pyridine rings is 1. The third-order valence-corrected chi connectivity index (χ3v) is 5.00. The van der Waals surface area contributed by atoms with Gasteiger partial charge in [-0.3, -0.25) is 0 Å². The molecule has 0 amide bonds. The zero-order chi connectivity index (χ0) is 21.1. The number of hydrogen-bond donors (Lipinski definition) is 3. The molecule has 2 heterocycles. The van der Waals surface area contributed by atoms with Gasteiger partial charge in [-0.05, 0) is 32.6 Å². The van der Waals surface area contributed by atoms with E-state index >= 15 is 0 Å². The molecule has 2 aromatic heterocycles. The summed E-state index contributed by atoms with van der Waals surface area (Å²) in [4.78, 5) is 10.9. The van der Waals surface area contributed by atoms with Gasteiger partial charge in [0.1, 0.15) is 17.5 Å². The van der Waals surface area contributed by atoms with Gasteiger partial charge < -0.3 is 21.2 Å². The zero-order valence-electron chi connectivity index (χ0n) is 16.3. The van der Waals surface area contributed by atoms with Gasteiger partial charge in [-0.2, -0.15) is 23.4 Å². The molecule has 5 N–H and O–H groups in total. The average Bonchev–Trinajstić information content (AvgIpc) is 2.68. The Balaban J connectivity index is 0.00000320. The van der Waals surface area contributed by atoms with Gasteiger partial charge in [0.05, 0.1) is 17.4 Å². The lowest BCUT2D eigenvalue weighted by molar-refractivity contribution is -0.379. The van der Waals surface area contributed by atoms with Crippen molar-refractivity contribution in [3.8, 4) is 6.07 Å². The minimum Gasteiger partial charge on any atom is -0.870 e. The lowest BCUT2D eigenvalue weighted by Gasteiger charge is -2.33. The van der Waals surface area contributed by atoms with E-state index in [1.165, 1.54) is 18.6 Å². The molecule has 0 unspecified atom stereocenters. The number of aliphatic hydroxyl groups is 1. The molecular weight excluding hydrogens is 401 g/mol. The minimum absolute atomic E-state index is 0. The number of aromatic amines is 1. The fourth-order valence-corrected chi connectivity index (χ4v) is 3.30. The molecular formula is C19H23F3N6O2. The first-order chi connectivity index (χ1) is 13.7. The number of nitrogens with one attached hydrogen (secondary N) is 3. The Morgan fingerprint density at radius 2 is 2.07 bits per heavy atom. The Hall–Kier alpha value is -2.97. The summed E-state index contributed by atoms with van der Waals surface area (Å²) in [6.07, 6.45) is 2.06. The van der Waals surface area contributed by atoms with E-state index in [1.807, 2.05) is 6.07 Å². The third-order valence-electron chi connectivity index (χ3n) is 5.00. The van der Waals surface area contributed by atoms with Gasteiger partial charge in [-0.25, -0.2) is 9.97 Å². The smallest absolute Gasteiger partial charge is 0.417 e. The topological polar surface area (TPSA) is 138 Å². The fourth-order valence-electron chi connectivity index (χ4n) is 3.30. The van der Waals surface area contributed by atoms with Crippen molar-refractivity contribution in [3.05, 3.63) is 41.3 Å². The van der Waals surface area contributed by atoms with Gasteiger partial charge >= 0.3 is 6.18 Å². The van der Waals surface area contributed by atoms with E-state index < -0.39 is 17.3 Å². The van der Waals surface area contributed by atoms with E-state index in [0.717, 1.165) is 18.9 Å². The summed E-state index contributed by atoms with van der Waals surface area (Å²) in [6.45, 7) is 1.66. The standard InChI is InChI=1S/C19H21F3N6O.H2O/c1-18(29)5-2-14(3-6-18)27-16-12(8-23)10-25-17(28-16)26-11-13-9-24-7-4-15(13)19(20,21)22;/h4,7,9-10,14,29H,2-3,5-6,11H2,1H3,(H2,25,26,27,28);1H2. The highest BCUT2D eigenvalue weighted by Crippen LogP contribution is 2.32. The molecule has 1 saturated carbocycles. The number of alkyl halides is 3. The second kappa shape index (κ2) is 9.23. The maximum Gasteiger partial charge on any atom is 0.417 e. The molecule has 0 saturated heterocycles. The zero-order valence-corrected chi connectivity index (χ0v) is 16.3. The molecule has 0 radical (unpaired) electrons. The molecule has 0 aromatic carbocycles. The van der Waals surface area contributed by atoms with Crippen LogP contribution >= 0.6 is 0 Å². The van der Waals surface area contributed by atoms with Crippen LogP contribution in [0.1, 0.15) is 49.3 Å². The van der Waals surface area contributed by atoms with Crippen molar-refractivity contribution in [3.63, 3.8) is 0 Å². The van der Waals surface area contributed by atoms with Gasteiger partial charge in [0, 0.05) is 24.2 Å². The first kappa shape index (κ1) is 23.3. The van der Waals surface area contributed by atoms with E-state index in [0.29, 0.717) is 18.7 Å². The van der Waals surface area contributed by atoms with Crippen LogP contribution in [-0.2, 0) is 12.7 Å². The lowest BCUT2D eigenvalue weighted by atomic mass is 9.83. The number of hydrogen-bond acceptors (Lipinski definition) is 7. The Bertz CT molecular complexity index is 904. The normalized spacial score (nSPS) is 21.3. The van der Waals surface area contributed by atoms with E-state index in [4.69, 9.17) is 0 Å². The van der Waals surface area contributed by atoms with Crippen LogP contribution < -0.4 is 15.6 Å². The summed E-state index contributed by atoms with van der Waals surface area (Å²) >= 11 is 0. The Labute approximate surface area is 171 Å². The van der Waals surface area contributed by atoms with Crippen molar-refractivity contribution in [1.29, 1.82) is 5.26 Å². The lowest BCUT2D eigenvalue weighted by Crippen LogP contribution is -2.36. The number of aromatic nitrogens is 3. The van der Waals surface area contributed by atoms with Gasteiger partial charge in [-0.15, -0.1) is 0 Å². The second-order valence-electron chi connectivity index (χ2n) is 7.42. The largest absolute Gasteiger partial charge is 0.870 e. The molecule has 8 nitrogen and oxygen atoms in total. The first-order valence-electron chi connectivity index (χ1n) is 9.24. The number of anilines is 2. The molecule has 0 spiro atoms. The molecule has 0 atom stereocenters. The maximum atomic E-state index is 13.1. The molecule has 1 fully saturated rings. The Morgan fingerprint density at radius 3 is 2.70 bits per heavy atom. The minimum atomic E-state index is -4.47. The number of nitrogens with zero attached hydrogens (tertiary/aromatic N) is 3. The molecule has 11 heteroatoms. The molecule has 0 aliphatic heterocycles. The van der Waals surface area contributed by atoms with Crippen LogP contribution in [0.4, 0.5) is 24.9 Å². The SMILES string of the molecule is CC1(O)CCC(Nc2nc(NCc3c[nH+]ccc3C(F)(F)F)ncc2C#N)CC1.[OH-]. The van der Waals surface area contributed by atoms with Crippen molar-refractivity contribution in [2.45, 2.75) is 57.0 Å². The summed E-state index contributed by atoms with van der Waals surface area (Å²) in [5, 5.41) is 25.3. The van der Waals surface area contributed by atoms with Crippen molar-refractivity contribution in [2.75, 3.05) is 10.6 Å². The first-order valence-corrected chi connectivity index (χ1v) is 9.24. The van der Waals surface area contributed by atoms with Gasteiger partial charge in [-0.1, -0.05) is 0 Å². The summed E-state index contributed by atoms with van der Waals surface area (Å²) in [5.41, 5.74) is -1.16. The summed E-state index contributed by atoms with van der Waals surface area (Å²) in [7, 11) is 0. The Kier molecular flexibility index (Phi) is 7.17. The van der Waals surface area contributed by atoms with Gasteiger partial charge in [0.15, 0.2) is 12.4 Å². The predicted molar refractivity (Wildman–Crippen MR) is 101 cm³/mol. The molecule has 1 aliphatic rings. The number of rotatable bonds is 5. The van der Waals surface area contributed by atoms with Crippen LogP contribution in [0.2, 0.25) is 0 Å². The summed E-state index contributed by atoms with van der Waals surface area (Å²) in [5.74, 6) is 0.443. The highest BCUT2D eigenvalue weighted by molar-refractivity contribution is 5.54. The Morgan fingerprint density at radius 1 is 1.37 bits per heavy atom. The van der Waals surface area contributed by atoms with E-state index in [1.54, 1.807) is 6.92 Å². The molecule has 1 aliphatic carbocycles. The van der Waals surface area contributed by atoms with Crippen LogP contribution in [0.15, 0.2) is 24.7 Å². The average molecular weight is 424 g/mol. The van der Waals surface area contributed by atoms with Crippen LogP contribution in [-0.4, -0.2) is 32.2 Å². The third kappa shape index (κ3) is 5.77. The van der Waals surface area contributed by atoms with Gasteiger partial charge in [0.25, 0.3) is 0 Å². The summed E-state index contributed by atoms with van der Waals surface area (Å²) < 4.78 is 39.3. The van der Waals surface area contributed by atoms with Crippen molar-refractivity contribution in [2.24, 2.45) is 0 Å². The fraction of sp³-hybridized carbons (Fsp3) is 0.474. The van der Waals surface area contributed by atoms with E-state index in [2.05, 4.69) is 25.6 Å². The monoisotopic (exact) mass is 424 g/mol. The maximum absolute atomic E-state index is 13.1. The van der Waals surface area contributed by atoms with Crippen LogP contribution in [0.3, 0.4) is 0 Å². The molecule has 162 valence electrons. The van der Waals surface area contributed by atoms with Crippen LogP contribution in [0, 0.1) is 11.3 Å². The van der Waals surface area contributed by atoms with Crippen molar-refractivity contribution < 1.29 is 28.7 Å². The number of halogens is 3. The highest BCUT2D eigenvalue weighted by atomic mass is 19.4. The van der Waals surface area contributed by atoms with Gasteiger partial charge in [0.2, 0.25) is 5.95 Å². The van der Waals surface area contributed by atoms with Crippen LogP contribution in [0.5, 0.6) is 0 Å². The molecule has 2 aromatic rings. The van der Waals surface area contributed by atoms with Crippen molar-refractivity contribution >= 4 is 11.8 Å². The van der Waals surface area contributed by atoms with E-state index in [-0.39, 0.29) is 35.1 Å². The number of nitriles is 1. The predicted octanol–water partition coefficient (Wildman–Crippen LogP) is 2.72.